The fourth-order valence-electron chi connectivity index (χ4n) is 16.0. The molecule has 0 aliphatic carbocycles. The molecule has 0 spiro atoms. The molecule has 0 saturated carbocycles. The maximum Gasteiger partial charge on any atom is 1.20 e. The van der Waals surface area contributed by atoms with Crippen molar-refractivity contribution < 1.29 is 11.4 Å². The SMILES string of the molecule is c1cc(-c2cccc(-n3c4ccccc4c4ccccc43)c2)cc(-c2cccc(-n3c4ccccc4c4ccccc43)c2)c1.c1cc(-n2c3ccccc3c3ccccc32)cc(-n2c3ccccc3c3ccccc32)c1.c1cnc2c([O][Al]([O]c3cccc4cccnc34)[O]c3cccc4cccnc34)cccc2c1. The lowest BCUT2D eigenvalue weighted by molar-refractivity contribution is 0.311. The highest BCUT2D eigenvalue weighted by Crippen LogP contribution is 2.40. The Morgan fingerprint density at radius 2 is 0.409 bits per heavy atom. The first-order valence-electron chi connectivity index (χ1n) is 37.0. The highest BCUT2D eigenvalue weighted by atomic mass is 27.3. The third-order valence-corrected chi connectivity index (χ3v) is 22.2. The third kappa shape index (κ3) is 11.8. The molecule has 0 amide bonds. The van der Waals surface area contributed by atoms with Crippen molar-refractivity contribution in [2.45, 2.75) is 0 Å². The summed E-state index contributed by atoms with van der Waals surface area (Å²) in [5, 5.41) is 13.2. The normalized spacial score (nSPS) is 11.5. The molecule has 22 aromatic rings. The second-order valence-electron chi connectivity index (χ2n) is 27.3. The topological polar surface area (TPSA) is 86.1 Å². The molecule has 0 bridgehead atoms. The van der Waals surface area contributed by atoms with Crippen molar-refractivity contribution in [3.05, 3.63) is 401 Å². The van der Waals surface area contributed by atoms with Gasteiger partial charge in [0.25, 0.3) is 0 Å². The molecule has 22 rings (SSSR count). The van der Waals surface area contributed by atoms with E-state index in [1.54, 1.807) is 18.6 Å². The fourth-order valence-corrected chi connectivity index (χ4v) is 17.3. The van der Waals surface area contributed by atoms with E-state index in [0.717, 1.165) is 32.7 Å². The summed E-state index contributed by atoms with van der Waals surface area (Å²) in [5.41, 5.74) is 21.5. The molecule has 110 heavy (non-hydrogen) atoms. The van der Waals surface area contributed by atoms with Crippen molar-refractivity contribution in [1.29, 1.82) is 0 Å². The van der Waals surface area contributed by atoms with Gasteiger partial charge in [-0.2, -0.15) is 0 Å². The Morgan fingerprint density at radius 3 is 0.691 bits per heavy atom. The molecule has 15 aromatic carbocycles. The second-order valence-corrected chi connectivity index (χ2v) is 28.6. The molecule has 7 aromatic heterocycles. The van der Waals surface area contributed by atoms with E-state index in [0.29, 0.717) is 17.2 Å². The zero-order valence-electron chi connectivity index (χ0n) is 59.5. The Labute approximate surface area is 638 Å². The van der Waals surface area contributed by atoms with Gasteiger partial charge in [-0.05, 0) is 156 Å². The Hall–Kier alpha value is -14.3. The van der Waals surface area contributed by atoms with Crippen molar-refractivity contribution in [1.82, 2.24) is 33.2 Å². The van der Waals surface area contributed by atoms with E-state index < -0.39 is 15.1 Å². The molecule has 0 saturated heterocycles. The van der Waals surface area contributed by atoms with Crippen LogP contribution in [0.15, 0.2) is 401 Å². The Morgan fingerprint density at radius 1 is 0.191 bits per heavy atom. The zero-order valence-corrected chi connectivity index (χ0v) is 60.7. The van der Waals surface area contributed by atoms with Crippen LogP contribution < -0.4 is 11.4 Å². The predicted molar refractivity (Wildman–Crippen MR) is 454 cm³/mol. The smallest absolute Gasteiger partial charge is 0.576 e. The average Bonchev–Trinajstić information content (AvgIpc) is 1.60. The van der Waals surface area contributed by atoms with Crippen LogP contribution in [0.25, 0.3) is 165 Å². The number of benzene rings is 15. The van der Waals surface area contributed by atoms with E-state index in [1.807, 2.05) is 91.0 Å². The number of para-hydroxylation sites is 11. The summed E-state index contributed by atoms with van der Waals surface area (Å²) < 4.78 is 28.7. The number of rotatable bonds is 12. The van der Waals surface area contributed by atoms with E-state index in [-0.39, 0.29) is 0 Å². The molecule has 0 unspecified atom stereocenters. The van der Waals surface area contributed by atoms with Gasteiger partial charge < -0.3 is 29.6 Å². The zero-order chi connectivity index (χ0) is 72.9. The van der Waals surface area contributed by atoms with Gasteiger partial charge in [-0.25, -0.2) is 0 Å². The van der Waals surface area contributed by atoms with Gasteiger partial charge in [0.15, 0.2) is 0 Å². The van der Waals surface area contributed by atoms with Crippen LogP contribution in [0.4, 0.5) is 0 Å². The van der Waals surface area contributed by atoms with Gasteiger partial charge in [-0.3, -0.25) is 15.0 Å². The van der Waals surface area contributed by atoms with Crippen molar-refractivity contribution in [2.24, 2.45) is 0 Å². The van der Waals surface area contributed by atoms with Crippen LogP contribution in [0.2, 0.25) is 0 Å². The average molecular weight is 1430 g/mol. The van der Waals surface area contributed by atoms with Gasteiger partial charge >= 0.3 is 15.1 Å². The van der Waals surface area contributed by atoms with Crippen LogP contribution in [0, 0.1) is 0 Å². The van der Waals surface area contributed by atoms with Gasteiger partial charge in [0.2, 0.25) is 0 Å². The molecule has 0 N–H and O–H groups in total. The summed E-state index contributed by atoms with van der Waals surface area (Å²) >= 11 is -2.86. The highest BCUT2D eigenvalue weighted by Gasteiger charge is 2.46. The summed E-state index contributed by atoms with van der Waals surface area (Å²) in [6.45, 7) is 0. The first-order chi connectivity index (χ1) is 54.6. The molecule has 11 heteroatoms. The lowest BCUT2D eigenvalue weighted by atomic mass is 9.98. The second kappa shape index (κ2) is 28.2. The molecule has 10 nitrogen and oxygen atoms in total. The van der Waals surface area contributed by atoms with Crippen molar-refractivity contribution in [2.75, 3.05) is 0 Å². The molecule has 7 heterocycles. The first kappa shape index (κ1) is 65.2. The lowest BCUT2D eigenvalue weighted by Crippen LogP contribution is -2.37. The number of fused-ring (bicyclic) bond motifs is 15. The molecule has 518 valence electrons. The van der Waals surface area contributed by atoms with Gasteiger partial charge in [0.1, 0.15) is 33.8 Å². The number of nitrogens with zero attached hydrogens (tertiary/aromatic N) is 7. The number of pyridine rings is 3. The quantitative estimate of drug-likeness (QED) is 0.113. The summed E-state index contributed by atoms with van der Waals surface area (Å²) in [5.74, 6) is 1.82. The molecule has 0 atom stereocenters. The number of hydrogen-bond acceptors (Lipinski definition) is 6. The summed E-state index contributed by atoms with van der Waals surface area (Å²) in [6.07, 6.45) is 5.24. The number of hydrogen-bond donors (Lipinski definition) is 0. The maximum absolute atomic E-state index is 6.41. The minimum atomic E-state index is -2.86. The summed E-state index contributed by atoms with van der Waals surface area (Å²) in [6, 6.07) is 134. The molecule has 0 aliphatic heterocycles. The van der Waals surface area contributed by atoms with E-state index in [9.17, 15) is 0 Å². The monoisotopic (exact) mass is 1430 g/mol. The van der Waals surface area contributed by atoms with Crippen molar-refractivity contribution >= 4 is 135 Å². The van der Waals surface area contributed by atoms with Crippen LogP contribution in [-0.2, 0) is 0 Å². The molecule has 0 radical (unpaired) electrons. The predicted octanol–water partition coefficient (Wildman–Crippen LogP) is 24.9. The standard InChI is InChI=1S/C42H28N2.C30H20N2.3C9H7NO.Al/c1-5-22-39-35(18-1)36-19-2-6-23-40(36)43(39)33-16-10-14-31(27-33)29-12-9-13-30(26-29)32-15-11-17-34(28-32)44-41-24-7-3-20-37(41)38-21-4-8-25-42(38)44;1-5-16-27-23(12-1)24-13-2-6-17-28(24)31(27)21-10-9-11-22(20-21)32-29-18-7-3-14-25(29)26-15-4-8-19-30(26)32;3*11-8-5-1-3-7-4-2-6-10-9(7)8;/h1-28H;1-20H;3*1-6,11H;/q;;;;;+3/p-3. The molecule has 0 fully saturated rings. The van der Waals surface area contributed by atoms with Gasteiger partial charge in [0.05, 0.1) is 44.1 Å². The molecule has 0 aliphatic rings. The summed E-state index contributed by atoms with van der Waals surface area (Å²) in [7, 11) is 0. The van der Waals surface area contributed by atoms with Crippen molar-refractivity contribution in [3.8, 4) is 62.3 Å². The maximum atomic E-state index is 6.41. The fraction of sp³-hybridized carbons (Fsp3) is 0. The van der Waals surface area contributed by atoms with Crippen LogP contribution in [0.3, 0.4) is 0 Å². The molecular formula is C99H66AlN7O3. The van der Waals surface area contributed by atoms with E-state index in [1.165, 1.54) is 132 Å². The molecular weight excluding hydrogens is 1360 g/mol. The third-order valence-electron chi connectivity index (χ3n) is 20.9. The van der Waals surface area contributed by atoms with Crippen LogP contribution in [0.5, 0.6) is 17.2 Å². The number of aromatic nitrogens is 7. The van der Waals surface area contributed by atoms with Crippen LogP contribution >= 0.6 is 0 Å². The Kier molecular flexibility index (Phi) is 16.7. The van der Waals surface area contributed by atoms with Crippen LogP contribution in [0.1, 0.15) is 0 Å². The van der Waals surface area contributed by atoms with E-state index in [2.05, 4.69) is 324 Å². The van der Waals surface area contributed by atoms with Crippen molar-refractivity contribution in [3.63, 3.8) is 0 Å². The van der Waals surface area contributed by atoms with E-state index in [4.69, 9.17) is 11.4 Å². The highest BCUT2D eigenvalue weighted by molar-refractivity contribution is 6.40. The Balaban J connectivity index is 0.000000110. The van der Waals surface area contributed by atoms with Gasteiger partial charge in [-0.1, -0.05) is 249 Å². The lowest BCUT2D eigenvalue weighted by Gasteiger charge is -2.18. The Bertz CT molecular complexity index is 6550. The minimum absolute atomic E-state index is 0.608. The largest absolute Gasteiger partial charge is 1.20 e. The minimum Gasteiger partial charge on any atom is -0.576 e. The van der Waals surface area contributed by atoms with E-state index >= 15 is 0 Å². The van der Waals surface area contributed by atoms with Gasteiger partial charge in [0, 0.05) is 101 Å². The first-order valence-corrected chi connectivity index (χ1v) is 38.4. The summed E-state index contributed by atoms with van der Waals surface area (Å²) in [4.78, 5) is 13.5. The van der Waals surface area contributed by atoms with Gasteiger partial charge in [-0.15, -0.1) is 0 Å². The van der Waals surface area contributed by atoms with Crippen LogP contribution in [-0.4, -0.2) is 48.4 Å².